The highest BCUT2D eigenvalue weighted by Crippen LogP contribution is 2.36. The smallest absolute Gasteiger partial charge is 0.274 e. The number of benzene rings is 2. The van der Waals surface area contributed by atoms with Crippen LogP contribution in [0.2, 0.25) is 0 Å². The number of ketones is 1. The summed E-state index contributed by atoms with van der Waals surface area (Å²) in [4.78, 5) is 41.1. The fourth-order valence-electron chi connectivity index (χ4n) is 5.75. The lowest BCUT2D eigenvalue weighted by Crippen LogP contribution is -2.57. The number of halogens is 2. The third kappa shape index (κ3) is 4.80. The molecule has 2 aromatic carbocycles. The van der Waals surface area contributed by atoms with Gasteiger partial charge in [-0.2, -0.15) is 0 Å². The molecule has 1 fully saturated rings. The van der Waals surface area contributed by atoms with Crippen molar-refractivity contribution in [2.75, 3.05) is 6.54 Å². The third-order valence-corrected chi connectivity index (χ3v) is 7.54. The number of hydrogen-bond donors (Lipinski definition) is 1. The molecule has 1 aromatic heterocycles. The number of rotatable bonds is 6. The van der Waals surface area contributed by atoms with Crippen LogP contribution in [0.5, 0.6) is 5.75 Å². The first-order chi connectivity index (χ1) is 17.7. The van der Waals surface area contributed by atoms with E-state index < -0.39 is 34.5 Å². The summed E-state index contributed by atoms with van der Waals surface area (Å²) in [7, 11) is 0. The van der Waals surface area contributed by atoms with E-state index in [0.29, 0.717) is 13.1 Å². The van der Waals surface area contributed by atoms with Gasteiger partial charge in [0.05, 0.1) is 11.6 Å². The number of aromatic nitrogens is 1. The topological polar surface area (TPSA) is 79.6 Å². The van der Waals surface area contributed by atoms with Crippen molar-refractivity contribution in [3.63, 3.8) is 0 Å². The Balaban J connectivity index is 1.43. The van der Waals surface area contributed by atoms with E-state index in [2.05, 4.69) is 19.1 Å². The average molecular weight is 507 g/mol. The normalized spacial score (nSPS) is 20.9. The molecule has 1 saturated heterocycles. The standard InChI is InChI=1S/C29H28F2N2O4/c1-17-11-20(12-18-5-3-2-4-6-18)24-16-32-15-22(27(35)28(36)26(32)29(37)33(24)14-17)25(34)10-8-19-7-9-21(30)13-23(19)31/h2-7,9,13,15,17,20,24,36H,8,10-12,14,16H2,1H3/t17-,20?,24?/m0/s1. The van der Waals surface area contributed by atoms with Crippen LogP contribution in [0.15, 0.2) is 59.5 Å². The highest BCUT2D eigenvalue weighted by atomic mass is 19.1. The van der Waals surface area contributed by atoms with Crippen molar-refractivity contribution in [2.45, 2.75) is 45.2 Å². The zero-order chi connectivity index (χ0) is 26.3. The summed E-state index contributed by atoms with van der Waals surface area (Å²) in [6, 6.07) is 13.0. The maximum Gasteiger partial charge on any atom is 0.274 e. The zero-order valence-corrected chi connectivity index (χ0v) is 20.5. The van der Waals surface area contributed by atoms with E-state index >= 15 is 0 Å². The number of pyridine rings is 1. The number of amides is 1. The minimum atomic E-state index is -0.909. The van der Waals surface area contributed by atoms with Gasteiger partial charge in [0.15, 0.2) is 17.2 Å². The summed E-state index contributed by atoms with van der Waals surface area (Å²) < 4.78 is 28.7. The highest BCUT2D eigenvalue weighted by molar-refractivity contribution is 6.00. The van der Waals surface area contributed by atoms with Crippen LogP contribution in [0.3, 0.4) is 0 Å². The Morgan fingerprint density at radius 1 is 1.08 bits per heavy atom. The number of aromatic hydroxyl groups is 1. The molecule has 2 aliphatic rings. The van der Waals surface area contributed by atoms with Gasteiger partial charge >= 0.3 is 0 Å². The Bertz CT molecular complexity index is 1420. The van der Waals surface area contributed by atoms with E-state index in [4.69, 9.17) is 0 Å². The molecule has 0 aliphatic carbocycles. The van der Waals surface area contributed by atoms with Crippen molar-refractivity contribution >= 4 is 11.7 Å². The predicted molar refractivity (Wildman–Crippen MR) is 134 cm³/mol. The number of Topliss-reactive ketones (excluding diaryl/α,β-unsaturated/α-hetero) is 1. The zero-order valence-electron chi connectivity index (χ0n) is 20.5. The van der Waals surface area contributed by atoms with Crippen molar-refractivity contribution in [1.82, 2.24) is 9.47 Å². The molecule has 0 spiro atoms. The minimum absolute atomic E-state index is 0.0285. The van der Waals surface area contributed by atoms with Crippen LogP contribution in [0, 0.1) is 23.5 Å². The lowest BCUT2D eigenvalue weighted by atomic mass is 9.79. The van der Waals surface area contributed by atoms with Crippen LogP contribution in [-0.2, 0) is 19.4 Å². The van der Waals surface area contributed by atoms with Crippen LogP contribution >= 0.6 is 0 Å². The Labute approximate surface area is 213 Å². The van der Waals surface area contributed by atoms with Gasteiger partial charge < -0.3 is 14.6 Å². The Morgan fingerprint density at radius 3 is 2.57 bits per heavy atom. The molecule has 1 N–H and O–H groups in total. The lowest BCUT2D eigenvalue weighted by molar-refractivity contribution is 0.0236. The van der Waals surface area contributed by atoms with Gasteiger partial charge in [0.1, 0.15) is 11.6 Å². The Kier molecular flexibility index (Phi) is 6.67. The van der Waals surface area contributed by atoms with E-state index in [-0.39, 0.29) is 47.5 Å². The molecule has 3 aromatic rings. The molecule has 192 valence electrons. The summed E-state index contributed by atoms with van der Waals surface area (Å²) in [6.07, 6.45) is 2.84. The van der Waals surface area contributed by atoms with Gasteiger partial charge in [0.25, 0.3) is 5.91 Å². The maximum absolute atomic E-state index is 14.0. The largest absolute Gasteiger partial charge is 0.503 e. The summed E-state index contributed by atoms with van der Waals surface area (Å²) in [5.41, 5.74) is 0.0756. The van der Waals surface area contributed by atoms with Crippen LogP contribution in [0.25, 0.3) is 0 Å². The van der Waals surface area contributed by atoms with Crippen molar-refractivity contribution in [3.8, 4) is 5.75 Å². The summed E-state index contributed by atoms with van der Waals surface area (Å²) in [5.74, 6) is -2.77. The Hall–Kier alpha value is -3.81. The molecule has 0 radical (unpaired) electrons. The fraction of sp³-hybridized carbons (Fsp3) is 0.345. The number of carbonyl (C=O) groups is 2. The number of nitrogens with zero attached hydrogens (tertiary/aromatic N) is 2. The van der Waals surface area contributed by atoms with E-state index in [1.807, 2.05) is 18.2 Å². The minimum Gasteiger partial charge on any atom is -0.503 e. The molecule has 0 bridgehead atoms. The monoisotopic (exact) mass is 506 g/mol. The second-order valence-electron chi connectivity index (χ2n) is 10.2. The van der Waals surface area contributed by atoms with Gasteiger partial charge in [-0.1, -0.05) is 43.3 Å². The van der Waals surface area contributed by atoms with Gasteiger partial charge in [-0.25, -0.2) is 8.78 Å². The second-order valence-corrected chi connectivity index (χ2v) is 10.2. The van der Waals surface area contributed by atoms with Crippen molar-refractivity contribution in [3.05, 3.63) is 99.0 Å². The summed E-state index contributed by atoms with van der Waals surface area (Å²) >= 11 is 0. The van der Waals surface area contributed by atoms with Crippen LogP contribution in [-0.4, -0.2) is 38.9 Å². The quantitative estimate of drug-likeness (QED) is 0.504. The number of aryl methyl sites for hydroxylation is 1. The van der Waals surface area contributed by atoms with Crippen LogP contribution < -0.4 is 5.43 Å². The van der Waals surface area contributed by atoms with E-state index in [9.17, 15) is 28.3 Å². The number of hydrogen-bond acceptors (Lipinski definition) is 4. The molecule has 3 atom stereocenters. The van der Waals surface area contributed by atoms with Crippen molar-refractivity contribution in [1.29, 1.82) is 0 Å². The van der Waals surface area contributed by atoms with Gasteiger partial charge in [-0.3, -0.25) is 14.4 Å². The third-order valence-electron chi connectivity index (χ3n) is 7.54. The van der Waals surface area contributed by atoms with Crippen molar-refractivity contribution in [2.24, 2.45) is 11.8 Å². The van der Waals surface area contributed by atoms with Crippen molar-refractivity contribution < 1.29 is 23.5 Å². The summed E-state index contributed by atoms with van der Waals surface area (Å²) in [5, 5.41) is 10.7. The maximum atomic E-state index is 14.0. The lowest BCUT2D eigenvalue weighted by Gasteiger charge is -2.47. The number of piperidine rings is 1. The fourth-order valence-corrected chi connectivity index (χ4v) is 5.75. The molecule has 1 amide bonds. The van der Waals surface area contributed by atoms with Gasteiger partial charge in [0.2, 0.25) is 5.43 Å². The highest BCUT2D eigenvalue weighted by Gasteiger charge is 2.43. The molecule has 37 heavy (non-hydrogen) atoms. The molecular weight excluding hydrogens is 478 g/mol. The SMILES string of the molecule is C[C@H]1CC(Cc2ccccc2)C2Cn3cc(C(=O)CCc4ccc(F)cc4F)c(=O)c(O)c3C(=O)N2C1. The number of fused-ring (bicyclic) bond motifs is 2. The van der Waals surface area contributed by atoms with Gasteiger partial charge in [-0.05, 0) is 48.3 Å². The molecule has 6 nitrogen and oxygen atoms in total. The molecule has 8 heteroatoms. The second kappa shape index (κ2) is 9.92. The van der Waals surface area contributed by atoms with Gasteiger partial charge in [-0.15, -0.1) is 0 Å². The van der Waals surface area contributed by atoms with E-state index in [1.54, 1.807) is 4.90 Å². The predicted octanol–water partition coefficient (Wildman–Crippen LogP) is 4.37. The van der Waals surface area contributed by atoms with E-state index in [0.717, 1.165) is 25.0 Å². The first-order valence-corrected chi connectivity index (χ1v) is 12.5. The molecule has 0 saturated carbocycles. The molecule has 5 rings (SSSR count). The Morgan fingerprint density at radius 2 is 1.84 bits per heavy atom. The number of carbonyl (C=O) groups excluding carboxylic acids is 2. The molecule has 3 heterocycles. The van der Waals surface area contributed by atoms with Crippen LogP contribution in [0.1, 0.15) is 51.7 Å². The molecule has 2 unspecified atom stereocenters. The molecular formula is C29H28F2N2O4. The molecule has 2 aliphatic heterocycles. The average Bonchev–Trinajstić information content (AvgIpc) is 2.86. The first kappa shape index (κ1) is 24.9. The first-order valence-electron chi connectivity index (χ1n) is 12.5. The summed E-state index contributed by atoms with van der Waals surface area (Å²) in [6.45, 7) is 2.98. The van der Waals surface area contributed by atoms with Crippen LogP contribution in [0.4, 0.5) is 8.78 Å². The van der Waals surface area contributed by atoms with Gasteiger partial charge in [0, 0.05) is 31.8 Å². The van der Waals surface area contributed by atoms with E-state index in [1.165, 1.54) is 22.4 Å².